The zero-order valence-electron chi connectivity index (χ0n) is 5.96. The summed E-state index contributed by atoms with van der Waals surface area (Å²) in [5.74, 6) is -0.271. The average molecular weight is 159 g/mol. The molecule has 0 aromatic rings. The molecule has 0 spiro atoms. The van der Waals surface area contributed by atoms with E-state index in [0.717, 1.165) is 0 Å². The van der Waals surface area contributed by atoms with Gasteiger partial charge in [-0.1, -0.05) is 0 Å². The van der Waals surface area contributed by atoms with Crippen LogP contribution < -0.4 is 5.32 Å². The van der Waals surface area contributed by atoms with Crippen molar-refractivity contribution >= 4 is 5.91 Å². The second-order valence-electron chi connectivity index (χ2n) is 3.22. The minimum absolute atomic E-state index is 0.0661. The first-order valence-corrected chi connectivity index (χ1v) is 3.76. The van der Waals surface area contributed by atoms with Gasteiger partial charge in [-0.05, 0) is 5.92 Å². The monoisotopic (exact) mass is 159 g/mol. The minimum atomic E-state index is -0.431. The molecule has 1 saturated heterocycles. The van der Waals surface area contributed by atoms with Crippen molar-refractivity contribution in [2.45, 2.75) is 6.04 Å². The van der Waals surface area contributed by atoms with E-state index in [9.17, 15) is 9.18 Å². The smallest absolute Gasteiger partial charge is 0.224 e. The highest BCUT2D eigenvalue weighted by Gasteiger charge is 2.62. The van der Waals surface area contributed by atoms with Crippen molar-refractivity contribution in [2.24, 2.45) is 17.8 Å². The van der Waals surface area contributed by atoms with Crippen LogP contribution in [0, 0.1) is 17.8 Å². The Hall–Kier alpha value is -0.640. The van der Waals surface area contributed by atoms with E-state index in [2.05, 4.69) is 5.32 Å². The van der Waals surface area contributed by atoms with Crippen LogP contribution in [0.1, 0.15) is 0 Å². The van der Waals surface area contributed by atoms with E-state index in [1.165, 1.54) is 0 Å². The predicted octanol–water partition coefficient (Wildman–Crippen LogP) is -0.691. The van der Waals surface area contributed by atoms with Crippen molar-refractivity contribution in [2.75, 3.05) is 13.3 Å². The third kappa shape index (κ3) is 0.788. The number of rotatable bonds is 2. The third-order valence-corrected chi connectivity index (χ3v) is 2.70. The Labute approximate surface area is 63.6 Å². The number of nitrogens with one attached hydrogen (secondary N) is 1. The molecule has 4 heteroatoms. The summed E-state index contributed by atoms with van der Waals surface area (Å²) in [4.78, 5) is 11.0. The van der Waals surface area contributed by atoms with Crippen molar-refractivity contribution in [3.05, 3.63) is 0 Å². The van der Waals surface area contributed by atoms with Gasteiger partial charge >= 0.3 is 0 Å². The molecule has 2 fully saturated rings. The number of hydrogen-bond donors (Lipinski definition) is 2. The number of alkyl halides is 1. The van der Waals surface area contributed by atoms with Gasteiger partial charge in [0.15, 0.2) is 0 Å². The lowest BCUT2D eigenvalue weighted by atomic mass is 10.2. The molecule has 2 N–H and O–H groups in total. The quantitative estimate of drug-likeness (QED) is 0.560. The fourth-order valence-electron chi connectivity index (χ4n) is 2.06. The van der Waals surface area contributed by atoms with Gasteiger partial charge in [0.2, 0.25) is 5.91 Å². The molecule has 0 aromatic carbocycles. The third-order valence-electron chi connectivity index (χ3n) is 2.70. The van der Waals surface area contributed by atoms with Crippen LogP contribution in [0.5, 0.6) is 0 Å². The van der Waals surface area contributed by atoms with Crippen LogP contribution in [0.25, 0.3) is 0 Å². The normalized spacial score (nSPS) is 46.9. The summed E-state index contributed by atoms with van der Waals surface area (Å²) in [7, 11) is 0. The molecule has 2 rings (SSSR count). The number of amides is 1. The molecule has 1 saturated carbocycles. The lowest BCUT2D eigenvalue weighted by molar-refractivity contribution is -0.121. The van der Waals surface area contributed by atoms with Gasteiger partial charge < -0.3 is 10.4 Å². The molecule has 3 nitrogen and oxygen atoms in total. The highest BCUT2D eigenvalue weighted by molar-refractivity contribution is 5.85. The number of carbonyl (C=O) groups excluding carboxylic acids is 1. The van der Waals surface area contributed by atoms with Crippen LogP contribution in [0.3, 0.4) is 0 Å². The van der Waals surface area contributed by atoms with Crippen molar-refractivity contribution in [3.8, 4) is 0 Å². The summed E-state index contributed by atoms with van der Waals surface area (Å²) in [6.45, 7) is -0.497. The maximum atomic E-state index is 12.1. The summed E-state index contributed by atoms with van der Waals surface area (Å²) < 4.78 is 12.1. The molecule has 1 amide bonds. The second kappa shape index (κ2) is 2.17. The Morgan fingerprint density at radius 2 is 2.36 bits per heavy atom. The molecule has 2 aliphatic rings. The fraction of sp³-hybridized carbons (Fsp3) is 0.857. The summed E-state index contributed by atoms with van der Waals surface area (Å²) in [5, 5.41) is 11.4. The van der Waals surface area contributed by atoms with Crippen LogP contribution >= 0.6 is 0 Å². The van der Waals surface area contributed by atoms with Crippen LogP contribution in [-0.2, 0) is 4.79 Å². The lowest BCUT2D eigenvalue weighted by Gasteiger charge is -2.10. The number of aliphatic hydroxyl groups excluding tert-OH is 1. The van der Waals surface area contributed by atoms with Crippen LogP contribution in [0.4, 0.5) is 4.39 Å². The highest BCUT2D eigenvalue weighted by atomic mass is 19.1. The first-order chi connectivity index (χ1) is 5.29. The van der Waals surface area contributed by atoms with Gasteiger partial charge in [0.25, 0.3) is 0 Å². The number of piperidine rings is 1. The van der Waals surface area contributed by atoms with E-state index in [-0.39, 0.29) is 36.3 Å². The molecule has 0 radical (unpaired) electrons. The van der Waals surface area contributed by atoms with Gasteiger partial charge in [-0.25, -0.2) is 0 Å². The molecule has 62 valence electrons. The molecule has 1 heterocycles. The van der Waals surface area contributed by atoms with E-state index in [1.54, 1.807) is 0 Å². The molecule has 0 aromatic heterocycles. The summed E-state index contributed by atoms with van der Waals surface area (Å²) in [6.07, 6.45) is 0. The Morgan fingerprint density at radius 3 is 2.82 bits per heavy atom. The molecular formula is C7H10FNO2. The number of carbonyl (C=O) groups is 1. The number of hydrogen-bond acceptors (Lipinski definition) is 2. The van der Waals surface area contributed by atoms with Crippen LogP contribution in [-0.4, -0.2) is 30.3 Å². The number of halogens is 1. The fourth-order valence-corrected chi connectivity index (χ4v) is 2.06. The molecule has 0 unspecified atom stereocenters. The van der Waals surface area contributed by atoms with Crippen LogP contribution in [0.15, 0.2) is 0 Å². The van der Waals surface area contributed by atoms with E-state index in [1.807, 2.05) is 0 Å². The van der Waals surface area contributed by atoms with Crippen molar-refractivity contribution < 1.29 is 14.3 Å². The number of fused-ring (bicyclic) bond motifs is 1. The second-order valence-corrected chi connectivity index (χ2v) is 3.22. The van der Waals surface area contributed by atoms with Gasteiger partial charge in [0.1, 0.15) is 0 Å². The first kappa shape index (κ1) is 7.03. The van der Waals surface area contributed by atoms with E-state index in [0.29, 0.717) is 0 Å². The van der Waals surface area contributed by atoms with Gasteiger partial charge in [-0.15, -0.1) is 0 Å². The SMILES string of the molecule is O=C1N[C@H](CO)[C@H]2[C@H](CF)[C@@H]12. The molecule has 11 heavy (non-hydrogen) atoms. The maximum absolute atomic E-state index is 12.1. The Morgan fingerprint density at radius 1 is 1.64 bits per heavy atom. The van der Waals surface area contributed by atoms with Crippen LogP contribution in [0.2, 0.25) is 0 Å². The zero-order valence-corrected chi connectivity index (χ0v) is 5.96. The maximum Gasteiger partial charge on any atom is 0.224 e. The Kier molecular flexibility index (Phi) is 1.39. The van der Waals surface area contributed by atoms with Gasteiger partial charge in [-0.2, -0.15) is 0 Å². The van der Waals surface area contributed by atoms with Gasteiger partial charge in [0, 0.05) is 11.8 Å². The molecule has 4 atom stereocenters. The summed E-state index contributed by atoms with van der Waals surface area (Å²) in [5.41, 5.74) is 0. The van der Waals surface area contributed by atoms with E-state index in [4.69, 9.17) is 5.11 Å². The van der Waals surface area contributed by atoms with Crippen molar-refractivity contribution in [3.63, 3.8) is 0 Å². The molecular weight excluding hydrogens is 149 g/mol. The minimum Gasteiger partial charge on any atom is -0.394 e. The van der Waals surface area contributed by atoms with Gasteiger partial charge in [0.05, 0.1) is 19.3 Å². The summed E-state index contributed by atoms with van der Waals surface area (Å²) >= 11 is 0. The predicted molar refractivity (Wildman–Crippen MR) is 35.5 cm³/mol. The Balaban J connectivity index is 2.06. The molecule has 1 aliphatic heterocycles. The highest BCUT2D eigenvalue weighted by Crippen LogP contribution is 2.52. The van der Waals surface area contributed by atoms with E-state index < -0.39 is 6.67 Å². The summed E-state index contributed by atoms with van der Waals surface area (Å²) in [6, 6.07) is -0.187. The average Bonchev–Trinajstić information content (AvgIpc) is 2.65. The first-order valence-electron chi connectivity index (χ1n) is 3.76. The van der Waals surface area contributed by atoms with E-state index >= 15 is 0 Å². The molecule has 0 bridgehead atoms. The van der Waals surface area contributed by atoms with Crippen molar-refractivity contribution in [1.82, 2.24) is 5.32 Å². The Bertz CT molecular complexity index is 197. The zero-order chi connectivity index (χ0) is 8.01. The number of aliphatic hydroxyl groups is 1. The molecule has 1 aliphatic carbocycles. The largest absolute Gasteiger partial charge is 0.394 e. The van der Waals surface area contributed by atoms with Crippen molar-refractivity contribution in [1.29, 1.82) is 0 Å². The standard InChI is InChI=1S/C7H10FNO2/c8-1-3-5-4(2-10)9-7(11)6(3)5/h3-6,10H,1-2H2,(H,9,11)/t3-,4+,5+,6+/m0/s1. The lowest BCUT2D eigenvalue weighted by Crippen LogP contribution is -2.35. The van der Waals surface area contributed by atoms with Gasteiger partial charge in [-0.3, -0.25) is 9.18 Å². The topological polar surface area (TPSA) is 49.3 Å².